The average Bonchev–Trinajstić information content (AvgIpc) is 2.49. The largest absolute Gasteiger partial charge is 0.497 e. The predicted molar refractivity (Wildman–Crippen MR) is 83.6 cm³/mol. The number of benzene rings is 2. The van der Waals surface area contributed by atoms with Gasteiger partial charge in [0.25, 0.3) is 0 Å². The highest BCUT2D eigenvalue weighted by molar-refractivity contribution is 6.12. The molecule has 0 heterocycles. The third-order valence-electron chi connectivity index (χ3n) is 3.15. The molecule has 0 bridgehead atoms. The van der Waals surface area contributed by atoms with E-state index in [0.29, 0.717) is 0 Å². The molecular weight excluding hydrogens is 250 g/mol. The van der Waals surface area contributed by atoms with E-state index >= 15 is 0 Å². The van der Waals surface area contributed by atoms with Gasteiger partial charge in [-0.1, -0.05) is 12.1 Å². The Morgan fingerprint density at radius 1 is 0.950 bits per heavy atom. The molecule has 2 aromatic rings. The Labute approximate surface area is 119 Å². The molecular formula is C16H19N3O. The number of nitrogens with zero attached hydrogens (tertiary/aromatic N) is 2. The van der Waals surface area contributed by atoms with Crippen LogP contribution in [0.5, 0.6) is 5.75 Å². The van der Waals surface area contributed by atoms with E-state index < -0.39 is 0 Å². The summed E-state index contributed by atoms with van der Waals surface area (Å²) in [6.45, 7) is 0. The topological polar surface area (TPSA) is 50.9 Å². The van der Waals surface area contributed by atoms with Crippen LogP contribution in [0.2, 0.25) is 0 Å². The first-order chi connectivity index (χ1) is 9.65. The summed E-state index contributed by atoms with van der Waals surface area (Å²) in [4.78, 5) is 2.05. The fraction of sp³-hybridized carbons (Fsp3) is 0.188. The van der Waals surface area contributed by atoms with Gasteiger partial charge in [-0.05, 0) is 36.4 Å². The van der Waals surface area contributed by atoms with E-state index in [1.54, 1.807) is 7.11 Å². The Morgan fingerprint density at radius 3 is 1.85 bits per heavy atom. The smallest absolute Gasteiger partial charge is 0.118 e. The van der Waals surface area contributed by atoms with Crippen molar-refractivity contribution in [1.29, 1.82) is 0 Å². The van der Waals surface area contributed by atoms with Crippen molar-refractivity contribution in [2.45, 2.75) is 0 Å². The molecule has 2 aromatic carbocycles. The van der Waals surface area contributed by atoms with Crippen molar-refractivity contribution in [1.82, 2.24) is 0 Å². The number of rotatable bonds is 4. The number of ether oxygens (including phenoxy) is 1. The van der Waals surface area contributed by atoms with E-state index in [9.17, 15) is 0 Å². The van der Waals surface area contributed by atoms with Crippen LogP contribution in [0.1, 0.15) is 11.1 Å². The average molecular weight is 269 g/mol. The Balaban J connectivity index is 2.32. The minimum Gasteiger partial charge on any atom is -0.497 e. The Kier molecular flexibility index (Phi) is 4.25. The first kappa shape index (κ1) is 13.9. The molecule has 2 rings (SSSR count). The van der Waals surface area contributed by atoms with Gasteiger partial charge in [0.2, 0.25) is 0 Å². The Hall–Kier alpha value is -2.49. The molecule has 0 saturated carbocycles. The SMILES string of the molecule is COc1ccc(/C(=N\N)c2ccc(N(C)C)cc2)cc1. The highest BCUT2D eigenvalue weighted by atomic mass is 16.5. The first-order valence-electron chi connectivity index (χ1n) is 6.35. The predicted octanol–water partition coefficient (Wildman–Crippen LogP) is 2.47. The monoisotopic (exact) mass is 269 g/mol. The lowest BCUT2D eigenvalue weighted by Crippen LogP contribution is -2.10. The van der Waals surface area contributed by atoms with Crippen molar-refractivity contribution in [3.8, 4) is 5.75 Å². The molecule has 0 fully saturated rings. The van der Waals surface area contributed by atoms with Gasteiger partial charge >= 0.3 is 0 Å². The standard InChI is InChI=1S/C16H19N3O/c1-19(2)14-8-4-12(5-9-14)16(18-17)13-6-10-15(20-3)11-7-13/h4-11H,17H2,1-3H3/b18-16-. The molecule has 2 N–H and O–H groups in total. The minimum atomic E-state index is 0.762. The Bertz CT molecular complexity index is 586. The van der Waals surface area contributed by atoms with Gasteiger partial charge in [0.15, 0.2) is 0 Å². The fourth-order valence-electron chi connectivity index (χ4n) is 1.98. The fourth-order valence-corrected chi connectivity index (χ4v) is 1.98. The summed E-state index contributed by atoms with van der Waals surface area (Å²) in [5, 5.41) is 3.92. The summed E-state index contributed by atoms with van der Waals surface area (Å²) in [6, 6.07) is 15.8. The molecule has 0 aromatic heterocycles. The molecule has 0 saturated heterocycles. The van der Waals surface area contributed by atoms with E-state index in [0.717, 1.165) is 28.3 Å². The molecule has 0 radical (unpaired) electrons. The van der Waals surface area contributed by atoms with E-state index in [2.05, 4.69) is 10.0 Å². The minimum absolute atomic E-state index is 0.762. The first-order valence-corrected chi connectivity index (χ1v) is 6.35. The molecule has 104 valence electrons. The van der Waals surface area contributed by atoms with Gasteiger partial charge in [-0.15, -0.1) is 0 Å². The lowest BCUT2D eigenvalue weighted by atomic mass is 10.0. The number of nitrogens with two attached hydrogens (primary N) is 1. The molecule has 0 aliphatic carbocycles. The molecule has 0 unspecified atom stereocenters. The maximum absolute atomic E-state index is 5.55. The molecule has 4 heteroatoms. The molecule has 0 aliphatic rings. The number of hydrazone groups is 1. The van der Waals surface area contributed by atoms with Gasteiger partial charge in [-0.2, -0.15) is 5.10 Å². The highest BCUT2D eigenvalue weighted by Crippen LogP contribution is 2.18. The van der Waals surface area contributed by atoms with Crippen molar-refractivity contribution >= 4 is 11.4 Å². The van der Waals surface area contributed by atoms with Crippen LogP contribution in [0.25, 0.3) is 0 Å². The van der Waals surface area contributed by atoms with Crippen molar-refractivity contribution in [3.63, 3.8) is 0 Å². The van der Waals surface area contributed by atoms with Crippen LogP contribution in [0.4, 0.5) is 5.69 Å². The van der Waals surface area contributed by atoms with Gasteiger partial charge in [-0.25, -0.2) is 0 Å². The molecule has 0 aliphatic heterocycles. The molecule has 0 spiro atoms. The number of hydrogen-bond acceptors (Lipinski definition) is 4. The highest BCUT2D eigenvalue weighted by Gasteiger charge is 2.07. The van der Waals surface area contributed by atoms with E-state index in [1.807, 2.05) is 62.6 Å². The van der Waals surface area contributed by atoms with E-state index in [1.165, 1.54) is 0 Å². The lowest BCUT2D eigenvalue weighted by molar-refractivity contribution is 0.415. The van der Waals surface area contributed by atoms with Crippen LogP contribution in [0, 0.1) is 0 Å². The van der Waals surface area contributed by atoms with Crippen molar-refractivity contribution in [3.05, 3.63) is 59.7 Å². The number of methoxy groups -OCH3 is 1. The number of hydrogen-bond donors (Lipinski definition) is 1. The summed E-state index contributed by atoms with van der Waals surface area (Å²) in [5.41, 5.74) is 3.85. The molecule has 4 nitrogen and oxygen atoms in total. The summed E-state index contributed by atoms with van der Waals surface area (Å²) < 4.78 is 5.15. The van der Waals surface area contributed by atoms with Gasteiger partial charge in [-0.3, -0.25) is 0 Å². The summed E-state index contributed by atoms with van der Waals surface area (Å²) in [6.07, 6.45) is 0. The normalized spacial score (nSPS) is 11.2. The van der Waals surface area contributed by atoms with E-state index in [4.69, 9.17) is 10.6 Å². The zero-order valence-corrected chi connectivity index (χ0v) is 12.0. The van der Waals surface area contributed by atoms with Crippen LogP contribution in [0.3, 0.4) is 0 Å². The quantitative estimate of drug-likeness (QED) is 0.527. The zero-order chi connectivity index (χ0) is 14.5. The Morgan fingerprint density at radius 2 is 1.45 bits per heavy atom. The maximum atomic E-state index is 5.55. The van der Waals surface area contributed by atoms with Crippen LogP contribution < -0.4 is 15.5 Å². The van der Waals surface area contributed by atoms with Crippen molar-refractivity contribution in [2.24, 2.45) is 10.9 Å². The van der Waals surface area contributed by atoms with Crippen molar-refractivity contribution < 1.29 is 4.74 Å². The lowest BCUT2D eigenvalue weighted by Gasteiger charge is -2.13. The molecule has 0 amide bonds. The summed E-state index contributed by atoms with van der Waals surface area (Å²) >= 11 is 0. The second-order valence-electron chi connectivity index (χ2n) is 4.65. The zero-order valence-electron chi connectivity index (χ0n) is 12.0. The number of anilines is 1. The van der Waals surface area contributed by atoms with Gasteiger partial charge in [0.05, 0.1) is 12.8 Å². The van der Waals surface area contributed by atoms with Gasteiger partial charge in [0, 0.05) is 30.9 Å². The van der Waals surface area contributed by atoms with Gasteiger partial charge in [0.1, 0.15) is 5.75 Å². The third kappa shape index (κ3) is 2.91. The van der Waals surface area contributed by atoms with Crippen LogP contribution >= 0.6 is 0 Å². The van der Waals surface area contributed by atoms with E-state index in [-0.39, 0.29) is 0 Å². The summed E-state index contributed by atoms with van der Waals surface area (Å²) in [5.74, 6) is 6.36. The van der Waals surface area contributed by atoms with Crippen LogP contribution in [-0.2, 0) is 0 Å². The van der Waals surface area contributed by atoms with Crippen LogP contribution in [0.15, 0.2) is 53.6 Å². The second-order valence-corrected chi connectivity index (χ2v) is 4.65. The molecule has 20 heavy (non-hydrogen) atoms. The van der Waals surface area contributed by atoms with Crippen LogP contribution in [-0.4, -0.2) is 26.9 Å². The molecule has 0 atom stereocenters. The summed E-state index contributed by atoms with van der Waals surface area (Å²) in [7, 11) is 5.67. The van der Waals surface area contributed by atoms with Gasteiger partial charge < -0.3 is 15.5 Å². The third-order valence-corrected chi connectivity index (χ3v) is 3.15. The van der Waals surface area contributed by atoms with Crippen molar-refractivity contribution in [2.75, 3.05) is 26.1 Å². The maximum Gasteiger partial charge on any atom is 0.118 e. The second kappa shape index (κ2) is 6.10.